The fraction of sp³-hybridized carbons (Fsp3) is 0.385. The number of carbonyl (C=O) groups is 2. The smallest absolute Gasteiger partial charge is 0.309 e. The Hall–Kier alpha value is -2.92. The second-order valence-corrected chi connectivity index (χ2v) is 7.44. The maximum absolute atomic E-state index is 12.8. The van der Waals surface area contributed by atoms with Crippen LogP contribution in [0.2, 0.25) is 0 Å². The standard InChI is InChI=1S/C26H32O5/c1-4-29-21(3)20(2)17-24(26(28)31-19-23-13-9-6-10-14-23)15-16-25(27)30-18-22-11-7-5-8-12-22/h5-14,21,24H,2,4,15-19H2,1,3H3. The summed E-state index contributed by atoms with van der Waals surface area (Å²) in [7, 11) is 0. The molecule has 2 aromatic carbocycles. The molecule has 0 aliphatic rings. The van der Waals surface area contributed by atoms with Gasteiger partial charge in [0, 0.05) is 13.0 Å². The first kappa shape index (κ1) is 24.4. The molecule has 0 radical (unpaired) electrons. The van der Waals surface area contributed by atoms with Crippen LogP contribution >= 0.6 is 0 Å². The third-order valence-corrected chi connectivity index (χ3v) is 5.00. The minimum absolute atomic E-state index is 0.133. The maximum Gasteiger partial charge on any atom is 0.309 e. The second kappa shape index (κ2) is 13.4. The lowest BCUT2D eigenvalue weighted by Crippen LogP contribution is -2.23. The number of esters is 2. The summed E-state index contributed by atoms with van der Waals surface area (Å²) < 4.78 is 16.4. The van der Waals surface area contributed by atoms with Gasteiger partial charge in [-0.05, 0) is 43.4 Å². The first-order valence-corrected chi connectivity index (χ1v) is 10.7. The number of hydrogen-bond acceptors (Lipinski definition) is 5. The Kier molecular flexibility index (Phi) is 10.5. The number of ether oxygens (including phenoxy) is 3. The lowest BCUT2D eigenvalue weighted by molar-refractivity contribution is -0.151. The van der Waals surface area contributed by atoms with Crippen molar-refractivity contribution in [3.63, 3.8) is 0 Å². The summed E-state index contributed by atoms with van der Waals surface area (Å²) in [5.41, 5.74) is 2.65. The number of carbonyl (C=O) groups excluding carboxylic acids is 2. The first-order valence-electron chi connectivity index (χ1n) is 10.7. The summed E-state index contributed by atoms with van der Waals surface area (Å²) in [6, 6.07) is 19.0. The van der Waals surface area contributed by atoms with Gasteiger partial charge in [-0.25, -0.2) is 0 Å². The van der Waals surface area contributed by atoms with Gasteiger partial charge in [0.2, 0.25) is 0 Å². The molecule has 5 nitrogen and oxygen atoms in total. The fourth-order valence-electron chi connectivity index (χ4n) is 3.10. The van der Waals surface area contributed by atoms with Gasteiger partial charge >= 0.3 is 11.9 Å². The zero-order chi connectivity index (χ0) is 22.5. The molecule has 0 spiro atoms. The van der Waals surface area contributed by atoms with Crippen LogP contribution < -0.4 is 0 Å². The Balaban J connectivity index is 1.91. The highest BCUT2D eigenvalue weighted by atomic mass is 16.5. The Labute approximate surface area is 185 Å². The predicted octanol–water partition coefficient (Wildman–Crippen LogP) is 5.24. The van der Waals surface area contributed by atoms with Gasteiger partial charge in [0.05, 0.1) is 12.0 Å². The van der Waals surface area contributed by atoms with Gasteiger partial charge in [0.25, 0.3) is 0 Å². The van der Waals surface area contributed by atoms with E-state index in [9.17, 15) is 9.59 Å². The average molecular weight is 425 g/mol. The summed E-state index contributed by atoms with van der Waals surface area (Å²) in [4.78, 5) is 25.0. The van der Waals surface area contributed by atoms with Gasteiger partial charge in [0.1, 0.15) is 13.2 Å². The van der Waals surface area contributed by atoms with E-state index in [4.69, 9.17) is 14.2 Å². The number of rotatable bonds is 13. The monoisotopic (exact) mass is 424 g/mol. The largest absolute Gasteiger partial charge is 0.461 e. The number of hydrogen-bond donors (Lipinski definition) is 0. The van der Waals surface area contributed by atoms with Crippen LogP contribution in [-0.4, -0.2) is 24.6 Å². The van der Waals surface area contributed by atoms with Crippen LogP contribution in [0.1, 0.15) is 44.2 Å². The molecular formula is C26H32O5. The topological polar surface area (TPSA) is 61.8 Å². The lowest BCUT2D eigenvalue weighted by atomic mass is 9.93. The molecule has 166 valence electrons. The molecule has 0 bridgehead atoms. The van der Waals surface area contributed by atoms with Crippen LogP contribution in [0.15, 0.2) is 72.8 Å². The quantitative estimate of drug-likeness (QED) is 0.325. The van der Waals surface area contributed by atoms with Gasteiger partial charge in [-0.15, -0.1) is 0 Å². The van der Waals surface area contributed by atoms with Crippen LogP contribution in [0.25, 0.3) is 0 Å². The highest BCUT2D eigenvalue weighted by Crippen LogP contribution is 2.22. The van der Waals surface area contributed by atoms with E-state index in [1.165, 1.54) is 0 Å². The molecule has 0 aliphatic carbocycles. The Morgan fingerprint density at radius 3 is 2.00 bits per heavy atom. The van der Waals surface area contributed by atoms with Gasteiger partial charge in [-0.2, -0.15) is 0 Å². The van der Waals surface area contributed by atoms with Gasteiger partial charge < -0.3 is 14.2 Å². The fourth-order valence-corrected chi connectivity index (χ4v) is 3.10. The van der Waals surface area contributed by atoms with Gasteiger partial charge in [-0.3, -0.25) is 9.59 Å². The molecular weight excluding hydrogens is 392 g/mol. The SMILES string of the molecule is C=C(CC(CCC(=O)OCc1ccccc1)C(=O)OCc1ccccc1)C(C)OCC. The Morgan fingerprint density at radius 1 is 0.903 bits per heavy atom. The highest BCUT2D eigenvalue weighted by Gasteiger charge is 2.24. The van der Waals surface area contributed by atoms with E-state index >= 15 is 0 Å². The van der Waals surface area contributed by atoms with Crippen LogP contribution in [0.5, 0.6) is 0 Å². The molecule has 0 amide bonds. The maximum atomic E-state index is 12.8. The highest BCUT2D eigenvalue weighted by molar-refractivity contribution is 5.75. The molecule has 2 unspecified atom stereocenters. The van der Waals surface area contributed by atoms with Crippen molar-refractivity contribution in [2.75, 3.05) is 6.61 Å². The summed E-state index contributed by atoms with van der Waals surface area (Å²) in [6.07, 6.45) is 0.702. The summed E-state index contributed by atoms with van der Waals surface area (Å²) in [6.45, 7) is 8.87. The van der Waals surface area contributed by atoms with Crippen molar-refractivity contribution in [1.29, 1.82) is 0 Å². The second-order valence-electron chi connectivity index (χ2n) is 7.44. The van der Waals surface area contributed by atoms with E-state index in [0.717, 1.165) is 16.7 Å². The van der Waals surface area contributed by atoms with E-state index in [1.807, 2.05) is 74.5 Å². The Morgan fingerprint density at radius 2 is 1.45 bits per heavy atom. The zero-order valence-corrected chi connectivity index (χ0v) is 18.4. The van der Waals surface area contributed by atoms with E-state index in [0.29, 0.717) is 19.4 Å². The van der Waals surface area contributed by atoms with Crippen LogP contribution in [0, 0.1) is 5.92 Å². The van der Waals surface area contributed by atoms with Crippen molar-refractivity contribution in [3.8, 4) is 0 Å². The van der Waals surface area contributed by atoms with E-state index < -0.39 is 5.92 Å². The molecule has 0 saturated heterocycles. The normalized spacial score (nSPS) is 12.6. The zero-order valence-electron chi connectivity index (χ0n) is 18.4. The molecule has 0 fully saturated rings. The minimum atomic E-state index is -0.483. The average Bonchev–Trinajstić information content (AvgIpc) is 2.80. The van der Waals surface area contributed by atoms with Crippen molar-refractivity contribution >= 4 is 11.9 Å². The molecule has 2 atom stereocenters. The summed E-state index contributed by atoms with van der Waals surface area (Å²) >= 11 is 0. The van der Waals surface area contributed by atoms with Crippen molar-refractivity contribution < 1.29 is 23.8 Å². The summed E-state index contributed by atoms with van der Waals surface area (Å²) in [5.74, 6) is -1.17. The van der Waals surface area contributed by atoms with Gasteiger partial charge in [0.15, 0.2) is 0 Å². The molecule has 31 heavy (non-hydrogen) atoms. The minimum Gasteiger partial charge on any atom is -0.461 e. The molecule has 0 aliphatic heterocycles. The third kappa shape index (κ3) is 9.18. The molecule has 2 aromatic rings. The molecule has 0 saturated carbocycles. The van der Waals surface area contributed by atoms with Gasteiger partial charge in [-0.1, -0.05) is 67.2 Å². The Bertz CT molecular complexity index is 816. The van der Waals surface area contributed by atoms with Crippen molar-refractivity contribution in [2.24, 2.45) is 5.92 Å². The van der Waals surface area contributed by atoms with Crippen LogP contribution in [-0.2, 0) is 37.0 Å². The first-order chi connectivity index (χ1) is 15.0. The van der Waals surface area contributed by atoms with Crippen molar-refractivity contribution in [2.45, 2.75) is 52.4 Å². The van der Waals surface area contributed by atoms with Crippen LogP contribution in [0.4, 0.5) is 0 Å². The summed E-state index contributed by atoms with van der Waals surface area (Å²) in [5, 5.41) is 0. The number of benzene rings is 2. The molecule has 0 N–H and O–H groups in total. The molecule has 0 aromatic heterocycles. The predicted molar refractivity (Wildman–Crippen MR) is 120 cm³/mol. The van der Waals surface area contributed by atoms with Crippen LogP contribution in [0.3, 0.4) is 0 Å². The van der Waals surface area contributed by atoms with E-state index in [1.54, 1.807) is 0 Å². The molecule has 0 heterocycles. The molecule has 5 heteroatoms. The van der Waals surface area contributed by atoms with E-state index in [-0.39, 0.29) is 37.7 Å². The molecule has 2 rings (SSSR count). The van der Waals surface area contributed by atoms with E-state index in [2.05, 4.69) is 6.58 Å². The van der Waals surface area contributed by atoms with Crippen molar-refractivity contribution in [1.82, 2.24) is 0 Å². The van der Waals surface area contributed by atoms with Crippen molar-refractivity contribution in [3.05, 3.63) is 83.9 Å². The third-order valence-electron chi connectivity index (χ3n) is 5.00. The lowest BCUT2D eigenvalue weighted by Gasteiger charge is -2.20.